The second-order valence-electron chi connectivity index (χ2n) is 3.74. The Morgan fingerprint density at radius 1 is 1.21 bits per heavy atom. The summed E-state index contributed by atoms with van der Waals surface area (Å²) in [6, 6.07) is 10.3. The van der Waals surface area contributed by atoms with Crippen molar-refractivity contribution in [3.05, 3.63) is 48.0 Å². The van der Waals surface area contributed by atoms with Crippen LogP contribution < -0.4 is 0 Å². The molecule has 1 nitrogen and oxygen atoms in total. The molecule has 0 saturated heterocycles. The smallest absolute Gasteiger partial charge is 0.127 e. The van der Waals surface area contributed by atoms with Crippen LogP contribution in [-0.4, -0.2) is 6.29 Å². The van der Waals surface area contributed by atoms with E-state index in [1.807, 2.05) is 24.3 Å². The third-order valence-corrected chi connectivity index (χ3v) is 2.85. The van der Waals surface area contributed by atoms with Gasteiger partial charge in [-0.2, -0.15) is 0 Å². The molecular formula is C13H14O. The maximum absolute atomic E-state index is 10.9. The van der Waals surface area contributed by atoms with E-state index in [2.05, 4.69) is 18.2 Å². The zero-order valence-corrected chi connectivity index (χ0v) is 8.10. The van der Waals surface area contributed by atoms with Crippen LogP contribution in [0.25, 0.3) is 0 Å². The number of hydrogen-bond acceptors (Lipinski definition) is 1. The lowest BCUT2D eigenvalue weighted by Crippen LogP contribution is -2.15. The summed E-state index contributed by atoms with van der Waals surface area (Å²) in [4.78, 5) is 10.9. The van der Waals surface area contributed by atoms with Gasteiger partial charge in [0.25, 0.3) is 0 Å². The summed E-state index contributed by atoms with van der Waals surface area (Å²) in [5.74, 6) is 0.463. The summed E-state index contributed by atoms with van der Waals surface area (Å²) in [6.07, 6.45) is 7.38. The summed E-state index contributed by atoms with van der Waals surface area (Å²) >= 11 is 0. The van der Waals surface area contributed by atoms with Crippen LogP contribution in [0.1, 0.15) is 24.3 Å². The second-order valence-corrected chi connectivity index (χ2v) is 3.74. The third kappa shape index (κ3) is 1.77. The van der Waals surface area contributed by atoms with Gasteiger partial charge in [0.2, 0.25) is 0 Å². The maximum Gasteiger partial charge on any atom is 0.127 e. The molecule has 1 aromatic carbocycles. The third-order valence-electron chi connectivity index (χ3n) is 2.85. The zero-order chi connectivity index (χ0) is 9.80. The standard InChI is InChI=1S/C13H14O/c14-10-12-8-4-5-9-13(12)11-6-2-1-3-7-11/h1-4,6-8,10,12-13H,5,9H2. The molecule has 2 atom stereocenters. The molecule has 1 aliphatic rings. The highest BCUT2D eigenvalue weighted by Gasteiger charge is 2.22. The molecule has 0 heterocycles. The molecular weight excluding hydrogens is 172 g/mol. The first-order chi connectivity index (χ1) is 6.92. The van der Waals surface area contributed by atoms with Crippen molar-refractivity contribution in [2.45, 2.75) is 18.8 Å². The zero-order valence-electron chi connectivity index (χ0n) is 8.10. The van der Waals surface area contributed by atoms with Crippen molar-refractivity contribution in [1.82, 2.24) is 0 Å². The molecule has 2 rings (SSSR count). The Balaban J connectivity index is 2.25. The lowest BCUT2D eigenvalue weighted by atomic mass is 9.80. The van der Waals surface area contributed by atoms with E-state index in [-0.39, 0.29) is 5.92 Å². The van der Waals surface area contributed by atoms with Gasteiger partial charge in [-0.15, -0.1) is 0 Å². The number of carbonyl (C=O) groups excluding carboxylic acids is 1. The van der Waals surface area contributed by atoms with E-state index in [4.69, 9.17) is 0 Å². The van der Waals surface area contributed by atoms with E-state index >= 15 is 0 Å². The van der Waals surface area contributed by atoms with Gasteiger partial charge in [0.05, 0.1) is 0 Å². The van der Waals surface area contributed by atoms with E-state index in [1.54, 1.807) is 0 Å². The molecule has 2 unspecified atom stereocenters. The van der Waals surface area contributed by atoms with Crippen LogP contribution in [0.3, 0.4) is 0 Å². The van der Waals surface area contributed by atoms with Crippen LogP contribution in [0.4, 0.5) is 0 Å². The second kappa shape index (κ2) is 4.23. The largest absolute Gasteiger partial charge is 0.303 e. The maximum atomic E-state index is 10.9. The molecule has 0 fully saturated rings. The van der Waals surface area contributed by atoms with Crippen molar-refractivity contribution >= 4 is 6.29 Å². The molecule has 14 heavy (non-hydrogen) atoms. The Kier molecular flexibility index (Phi) is 2.78. The van der Waals surface area contributed by atoms with Crippen LogP contribution in [0, 0.1) is 5.92 Å². The van der Waals surface area contributed by atoms with Crippen LogP contribution in [0.15, 0.2) is 42.5 Å². The van der Waals surface area contributed by atoms with Gasteiger partial charge in [0, 0.05) is 5.92 Å². The van der Waals surface area contributed by atoms with Crippen molar-refractivity contribution in [3.63, 3.8) is 0 Å². The lowest BCUT2D eigenvalue weighted by Gasteiger charge is -2.23. The average molecular weight is 186 g/mol. The van der Waals surface area contributed by atoms with E-state index in [9.17, 15) is 4.79 Å². The first-order valence-corrected chi connectivity index (χ1v) is 5.08. The van der Waals surface area contributed by atoms with Gasteiger partial charge in [0.15, 0.2) is 0 Å². The van der Waals surface area contributed by atoms with E-state index < -0.39 is 0 Å². The fourth-order valence-corrected chi connectivity index (χ4v) is 2.09. The lowest BCUT2D eigenvalue weighted by molar-refractivity contribution is -0.110. The van der Waals surface area contributed by atoms with Gasteiger partial charge in [-0.25, -0.2) is 0 Å². The van der Waals surface area contributed by atoms with Crippen LogP contribution >= 0.6 is 0 Å². The van der Waals surface area contributed by atoms with Gasteiger partial charge >= 0.3 is 0 Å². The molecule has 0 aromatic heterocycles. The Labute approximate surface area is 84.5 Å². The van der Waals surface area contributed by atoms with Crippen LogP contribution in [0.2, 0.25) is 0 Å². The molecule has 0 spiro atoms. The summed E-state index contributed by atoms with van der Waals surface area (Å²) in [6.45, 7) is 0. The molecule has 1 aromatic rings. The van der Waals surface area contributed by atoms with Gasteiger partial charge < -0.3 is 4.79 Å². The Morgan fingerprint density at radius 2 is 2.00 bits per heavy atom. The number of benzene rings is 1. The van der Waals surface area contributed by atoms with Gasteiger partial charge in [0.1, 0.15) is 6.29 Å². The molecule has 0 N–H and O–H groups in total. The Bertz CT molecular complexity index is 326. The van der Waals surface area contributed by atoms with Gasteiger partial charge in [-0.3, -0.25) is 0 Å². The van der Waals surface area contributed by atoms with Crippen LogP contribution in [0.5, 0.6) is 0 Å². The fraction of sp³-hybridized carbons (Fsp3) is 0.308. The number of allylic oxidation sites excluding steroid dienone is 2. The van der Waals surface area contributed by atoms with E-state index in [0.717, 1.165) is 19.1 Å². The molecule has 0 radical (unpaired) electrons. The molecule has 0 aliphatic heterocycles. The first kappa shape index (κ1) is 9.20. The van der Waals surface area contributed by atoms with Crippen molar-refractivity contribution in [2.75, 3.05) is 0 Å². The highest BCUT2D eigenvalue weighted by molar-refractivity contribution is 5.59. The Hall–Kier alpha value is -1.37. The predicted molar refractivity (Wildman–Crippen MR) is 57.1 cm³/mol. The molecule has 1 heteroatoms. The number of rotatable bonds is 2. The summed E-state index contributed by atoms with van der Waals surface area (Å²) < 4.78 is 0. The minimum atomic E-state index is 0.0751. The van der Waals surface area contributed by atoms with Crippen molar-refractivity contribution in [2.24, 2.45) is 5.92 Å². The normalized spacial score (nSPS) is 26.0. The number of carbonyl (C=O) groups is 1. The van der Waals surface area contributed by atoms with E-state index in [1.165, 1.54) is 5.56 Å². The monoisotopic (exact) mass is 186 g/mol. The SMILES string of the molecule is O=CC1C=CCCC1c1ccccc1. The minimum Gasteiger partial charge on any atom is -0.303 e. The fourth-order valence-electron chi connectivity index (χ4n) is 2.09. The topological polar surface area (TPSA) is 17.1 Å². The van der Waals surface area contributed by atoms with Gasteiger partial charge in [-0.05, 0) is 24.3 Å². The van der Waals surface area contributed by atoms with Gasteiger partial charge in [-0.1, -0.05) is 42.5 Å². The molecule has 0 saturated carbocycles. The van der Waals surface area contributed by atoms with E-state index in [0.29, 0.717) is 5.92 Å². The molecule has 0 bridgehead atoms. The summed E-state index contributed by atoms with van der Waals surface area (Å²) in [5, 5.41) is 0. The quantitative estimate of drug-likeness (QED) is 0.512. The molecule has 72 valence electrons. The molecule has 1 aliphatic carbocycles. The highest BCUT2D eigenvalue weighted by atomic mass is 16.1. The minimum absolute atomic E-state index is 0.0751. The summed E-state index contributed by atoms with van der Waals surface area (Å²) in [7, 11) is 0. The molecule has 0 amide bonds. The van der Waals surface area contributed by atoms with Crippen molar-refractivity contribution < 1.29 is 4.79 Å². The first-order valence-electron chi connectivity index (χ1n) is 5.08. The predicted octanol–water partition coefficient (Wildman–Crippen LogP) is 2.94. The van der Waals surface area contributed by atoms with Crippen LogP contribution in [-0.2, 0) is 4.79 Å². The Morgan fingerprint density at radius 3 is 2.71 bits per heavy atom. The van der Waals surface area contributed by atoms with Crippen molar-refractivity contribution in [1.29, 1.82) is 0 Å². The average Bonchev–Trinajstić information content (AvgIpc) is 2.30. The number of hydrogen-bond donors (Lipinski definition) is 0. The summed E-state index contributed by atoms with van der Waals surface area (Å²) in [5.41, 5.74) is 1.29. The highest BCUT2D eigenvalue weighted by Crippen LogP contribution is 2.32. The number of aldehydes is 1. The van der Waals surface area contributed by atoms with Crippen molar-refractivity contribution in [3.8, 4) is 0 Å².